The van der Waals surface area contributed by atoms with Crippen molar-refractivity contribution in [2.75, 3.05) is 13.1 Å². The molecule has 0 amide bonds. The molecule has 0 saturated carbocycles. The first-order valence-electron chi connectivity index (χ1n) is 5.15. The highest BCUT2D eigenvalue weighted by atomic mass is 16.3. The van der Waals surface area contributed by atoms with Crippen LogP contribution in [-0.4, -0.2) is 34.1 Å². The molecule has 0 bridgehead atoms. The van der Waals surface area contributed by atoms with Crippen LogP contribution in [-0.2, 0) is 6.54 Å². The zero-order valence-electron chi connectivity index (χ0n) is 8.89. The molecule has 1 aromatic rings. The zero-order chi connectivity index (χ0) is 11.1. The Morgan fingerprint density at radius 3 is 3.13 bits per heavy atom. The molecule has 84 valence electrons. The van der Waals surface area contributed by atoms with Crippen molar-refractivity contribution in [3.05, 3.63) is 28.7 Å². The summed E-state index contributed by atoms with van der Waals surface area (Å²) in [5.41, 5.74) is -0.188. The second-order valence-electron chi connectivity index (χ2n) is 3.40. The quantitative estimate of drug-likeness (QED) is 0.629. The highest BCUT2D eigenvalue weighted by Gasteiger charge is 2.05. The molecule has 1 rings (SSSR count). The lowest BCUT2D eigenvalue weighted by atomic mass is 10.3. The van der Waals surface area contributed by atoms with Gasteiger partial charge in [-0.1, -0.05) is 6.92 Å². The third-order valence-corrected chi connectivity index (χ3v) is 1.98. The van der Waals surface area contributed by atoms with Crippen molar-refractivity contribution in [1.29, 1.82) is 0 Å². The van der Waals surface area contributed by atoms with Gasteiger partial charge in [-0.25, -0.2) is 4.68 Å². The Hall–Kier alpha value is -1.20. The Morgan fingerprint density at radius 1 is 1.67 bits per heavy atom. The second kappa shape index (κ2) is 6.31. The van der Waals surface area contributed by atoms with Crippen molar-refractivity contribution >= 4 is 0 Å². The lowest BCUT2D eigenvalue weighted by Crippen LogP contribution is -2.34. The van der Waals surface area contributed by atoms with E-state index in [4.69, 9.17) is 0 Å². The van der Waals surface area contributed by atoms with Crippen LogP contribution in [0.2, 0.25) is 0 Å². The molecule has 2 N–H and O–H groups in total. The van der Waals surface area contributed by atoms with Crippen molar-refractivity contribution in [2.45, 2.75) is 26.0 Å². The molecule has 0 radical (unpaired) electrons. The first-order chi connectivity index (χ1) is 7.24. The fraction of sp³-hybridized carbons (Fsp3) is 0.600. The molecule has 5 nitrogen and oxygen atoms in total. The molecule has 15 heavy (non-hydrogen) atoms. The Morgan fingerprint density at radius 2 is 2.47 bits per heavy atom. The Labute approximate surface area is 88.7 Å². The maximum Gasteiger partial charge on any atom is 0.266 e. The Kier molecular flexibility index (Phi) is 5.00. The summed E-state index contributed by atoms with van der Waals surface area (Å²) < 4.78 is 1.26. The molecule has 0 aliphatic carbocycles. The van der Waals surface area contributed by atoms with Crippen LogP contribution >= 0.6 is 0 Å². The number of nitrogens with one attached hydrogen (secondary N) is 1. The van der Waals surface area contributed by atoms with Gasteiger partial charge in [0, 0.05) is 18.8 Å². The summed E-state index contributed by atoms with van der Waals surface area (Å²) in [6, 6.07) is 3.01. The Bertz CT molecular complexity index is 337. The van der Waals surface area contributed by atoms with E-state index in [0.29, 0.717) is 6.54 Å². The topological polar surface area (TPSA) is 67.2 Å². The standard InChI is InChI=1S/C10H17N3O2/c1-2-5-11-7-9(14)8-13-10(15)4-3-6-12-13/h3-4,6,9,11,14H,2,5,7-8H2,1H3. The zero-order valence-corrected chi connectivity index (χ0v) is 8.89. The van der Waals surface area contributed by atoms with Gasteiger partial charge in [0.1, 0.15) is 0 Å². The van der Waals surface area contributed by atoms with E-state index < -0.39 is 6.10 Å². The lowest BCUT2D eigenvalue weighted by molar-refractivity contribution is 0.145. The van der Waals surface area contributed by atoms with E-state index in [-0.39, 0.29) is 12.1 Å². The molecule has 0 saturated heterocycles. The van der Waals surface area contributed by atoms with E-state index in [0.717, 1.165) is 13.0 Å². The summed E-state index contributed by atoms with van der Waals surface area (Å²) in [5.74, 6) is 0. The number of aromatic nitrogens is 2. The molecule has 1 unspecified atom stereocenters. The van der Waals surface area contributed by atoms with Gasteiger partial charge in [0.15, 0.2) is 0 Å². The largest absolute Gasteiger partial charge is 0.390 e. The molecule has 5 heteroatoms. The maximum absolute atomic E-state index is 11.3. The molecule has 1 atom stereocenters. The predicted molar refractivity (Wildman–Crippen MR) is 57.7 cm³/mol. The molecule has 0 aliphatic rings. The van der Waals surface area contributed by atoms with Crippen LogP contribution < -0.4 is 10.9 Å². The van der Waals surface area contributed by atoms with Gasteiger partial charge in [-0.15, -0.1) is 0 Å². The normalized spacial score (nSPS) is 12.7. The molecular weight excluding hydrogens is 194 g/mol. The van der Waals surface area contributed by atoms with Crippen molar-refractivity contribution in [1.82, 2.24) is 15.1 Å². The monoisotopic (exact) mass is 211 g/mol. The number of hydrogen-bond donors (Lipinski definition) is 2. The van der Waals surface area contributed by atoms with Gasteiger partial charge in [0.05, 0.1) is 12.6 Å². The molecule has 0 fully saturated rings. The van der Waals surface area contributed by atoms with Gasteiger partial charge in [-0.05, 0) is 19.0 Å². The van der Waals surface area contributed by atoms with Crippen LogP contribution in [0.1, 0.15) is 13.3 Å². The second-order valence-corrected chi connectivity index (χ2v) is 3.40. The van der Waals surface area contributed by atoms with Gasteiger partial charge in [-0.2, -0.15) is 5.10 Å². The van der Waals surface area contributed by atoms with Crippen molar-refractivity contribution in [3.8, 4) is 0 Å². The summed E-state index contributed by atoms with van der Waals surface area (Å²) in [6.07, 6.45) is 1.98. The van der Waals surface area contributed by atoms with E-state index >= 15 is 0 Å². The molecule has 0 aliphatic heterocycles. The number of nitrogens with zero attached hydrogens (tertiary/aromatic N) is 2. The number of hydrogen-bond acceptors (Lipinski definition) is 4. The van der Waals surface area contributed by atoms with E-state index in [1.807, 2.05) is 0 Å². The van der Waals surface area contributed by atoms with E-state index in [1.165, 1.54) is 16.9 Å². The van der Waals surface area contributed by atoms with Gasteiger partial charge in [0.25, 0.3) is 5.56 Å². The third-order valence-electron chi connectivity index (χ3n) is 1.98. The SMILES string of the molecule is CCCNCC(O)Cn1ncccc1=O. The van der Waals surface area contributed by atoms with E-state index in [9.17, 15) is 9.90 Å². The lowest BCUT2D eigenvalue weighted by Gasteiger charge is -2.11. The van der Waals surface area contributed by atoms with Gasteiger partial charge < -0.3 is 10.4 Å². The minimum atomic E-state index is -0.579. The minimum absolute atomic E-state index is 0.188. The number of rotatable bonds is 6. The third kappa shape index (κ3) is 4.22. The molecule has 0 spiro atoms. The highest BCUT2D eigenvalue weighted by molar-refractivity contribution is 4.85. The van der Waals surface area contributed by atoms with E-state index in [1.54, 1.807) is 6.07 Å². The summed E-state index contributed by atoms with van der Waals surface area (Å²) in [6.45, 7) is 3.64. The molecule has 1 aromatic heterocycles. The van der Waals surface area contributed by atoms with Crippen LogP contribution in [0, 0.1) is 0 Å². The summed E-state index contributed by atoms with van der Waals surface area (Å²) in [4.78, 5) is 11.3. The fourth-order valence-electron chi connectivity index (χ4n) is 1.23. The van der Waals surface area contributed by atoms with Gasteiger partial charge in [-0.3, -0.25) is 4.79 Å². The average Bonchev–Trinajstić information content (AvgIpc) is 2.22. The van der Waals surface area contributed by atoms with Crippen molar-refractivity contribution in [2.24, 2.45) is 0 Å². The van der Waals surface area contributed by atoms with Crippen LogP contribution in [0.3, 0.4) is 0 Å². The van der Waals surface area contributed by atoms with Gasteiger partial charge >= 0.3 is 0 Å². The highest BCUT2D eigenvalue weighted by Crippen LogP contribution is 1.85. The average molecular weight is 211 g/mol. The smallest absolute Gasteiger partial charge is 0.266 e. The van der Waals surface area contributed by atoms with Crippen molar-refractivity contribution in [3.63, 3.8) is 0 Å². The van der Waals surface area contributed by atoms with Crippen LogP contribution in [0.5, 0.6) is 0 Å². The van der Waals surface area contributed by atoms with Crippen molar-refractivity contribution < 1.29 is 5.11 Å². The fourth-order valence-corrected chi connectivity index (χ4v) is 1.23. The van der Waals surface area contributed by atoms with Crippen LogP contribution in [0.15, 0.2) is 23.1 Å². The predicted octanol–water partition coefficient (Wildman–Crippen LogP) is -0.396. The molecular formula is C10H17N3O2. The van der Waals surface area contributed by atoms with Crippen LogP contribution in [0.4, 0.5) is 0 Å². The van der Waals surface area contributed by atoms with E-state index in [2.05, 4.69) is 17.3 Å². The number of aliphatic hydroxyl groups excluding tert-OH is 1. The summed E-state index contributed by atoms with van der Waals surface area (Å²) in [5, 5.41) is 16.5. The molecule has 0 aromatic carbocycles. The Balaban J connectivity index is 2.41. The number of aliphatic hydroxyl groups is 1. The van der Waals surface area contributed by atoms with Gasteiger partial charge in [0.2, 0.25) is 0 Å². The summed E-state index contributed by atoms with van der Waals surface area (Å²) >= 11 is 0. The van der Waals surface area contributed by atoms with Crippen LogP contribution in [0.25, 0.3) is 0 Å². The first kappa shape index (κ1) is 11.9. The summed E-state index contributed by atoms with van der Waals surface area (Å²) in [7, 11) is 0. The first-order valence-corrected chi connectivity index (χ1v) is 5.15. The maximum atomic E-state index is 11.3. The minimum Gasteiger partial charge on any atom is -0.390 e. The molecule has 1 heterocycles.